The lowest BCUT2D eigenvalue weighted by molar-refractivity contribution is 0.0951. The summed E-state index contributed by atoms with van der Waals surface area (Å²) in [5.41, 5.74) is 2.67. The van der Waals surface area contributed by atoms with E-state index < -0.39 is 10.0 Å². The van der Waals surface area contributed by atoms with E-state index in [-0.39, 0.29) is 10.8 Å². The Labute approximate surface area is 177 Å². The van der Waals surface area contributed by atoms with Crippen LogP contribution in [0.15, 0.2) is 77.7 Å². The number of rotatable bonds is 7. The quantitative estimate of drug-likeness (QED) is 0.627. The second-order valence-electron chi connectivity index (χ2n) is 6.82. The summed E-state index contributed by atoms with van der Waals surface area (Å²) < 4.78 is 32.2. The van der Waals surface area contributed by atoms with E-state index in [1.807, 2.05) is 30.3 Å². The third-order valence-corrected chi connectivity index (χ3v) is 6.60. The Bertz CT molecular complexity index is 1130. The van der Waals surface area contributed by atoms with Crippen molar-refractivity contribution in [3.05, 3.63) is 89.5 Å². The van der Waals surface area contributed by atoms with Crippen molar-refractivity contribution >= 4 is 21.6 Å². The van der Waals surface area contributed by atoms with Gasteiger partial charge in [0, 0.05) is 19.2 Å². The number of hydrogen-bond donors (Lipinski definition) is 1. The first-order valence-electron chi connectivity index (χ1n) is 9.38. The van der Waals surface area contributed by atoms with Gasteiger partial charge in [-0.05, 0) is 60.5 Å². The second-order valence-corrected chi connectivity index (χ2v) is 8.79. The third-order valence-electron chi connectivity index (χ3n) is 4.81. The standard InChI is InChI=1S/C23H24N2O4S/c1-17-15-19(23(26)24-16-18-7-5-4-6-8-18)9-14-22(17)25(2)30(27,28)21-12-10-20(29-3)11-13-21/h4-15H,16H2,1-3H3,(H,24,26). The summed E-state index contributed by atoms with van der Waals surface area (Å²) in [5.74, 6) is 0.368. The molecule has 1 N–H and O–H groups in total. The molecule has 156 valence electrons. The highest BCUT2D eigenvalue weighted by atomic mass is 32.2. The molecular formula is C23H24N2O4S. The molecule has 0 saturated carbocycles. The van der Waals surface area contributed by atoms with Gasteiger partial charge in [0.15, 0.2) is 0 Å². The van der Waals surface area contributed by atoms with Crippen LogP contribution in [0.25, 0.3) is 0 Å². The molecule has 0 radical (unpaired) electrons. The molecule has 0 fully saturated rings. The number of carbonyl (C=O) groups is 1. The predicted molar refractivity (Wildman–Crippen MR) is 117 cm³/mol. The Kier molecular flexibility index (Phi) is 6.42. The van der Waals surface area contributed by atoms with E-state index in [1.165, 1.54) is 30.6 Å². The summed E-state index contributed by atoms with van der Waals surface area (Å²) >= 11 is 0. The Balaban J connectivity index is 1.77. The van der Waals surface area contributed by atoms with E-state index in [0.29, 0.717) is 29.1 Å². The minimum atomic E-state index is -3.74. The first kappa shape index (κ1) is 21.4. The topological polar surface area (TPSA) is 75.7 Å². The van der Waals surface area contributed by atoms with Crippen molar-refractivity contribution in [1.82, 2.24) is 5.32 Å². The highest BCUT2D eigenvalue weighted by molar-refractivity contribution is 7.92. The molecule has 0 aliphatic heterocycles. The molecule has 1 amide bonds. The highest BCUT2D eigenvalue weighted by Gasteiger charge is 2.23. The van der Waals surface area contributed by atoms with Gasteiger partial charge in [-0.15, -0.1) is 0 Å². The summed E-state index contributed by atoms with van der Waals surface area (Å²) in [6, 6.07) is 20.8. The van der Waals surface area contributed by atoms with Crippen molar-refractivity contribution in [3.63, 3.8) is 0 Å². The van der Waals surface area contributed by atoms with Gasteiger partial charge in [0.1, 0.15) is 5.75 Å². The number of benzene rings is 3. The van der Waals surface area contributed by atoms with Crippen molar-refractivity contribution in [1.29, 1.82) is 0 Å². The van der Waals surface area contributed by atoms with Gasteiger partial charge in [-0.1, -0.05) is 30.3 Å². The zero-order valence-electron chi connectivity index (χ0n) is 17.1. The Hall–Kier alpha value is -3.32. The normalized spacial score (nSPS) is 11.0. The minimum absolute atomic E-state index is 0.162. The lowest BCUT2D eigenvalue weighted by Gasteiger charge is -2.22. The van der Waals surface area contributed by atoms with E-state index in [0.717, 1.165) is 5.56 Å². The van der Waals surface area contributed by atoms with Gasteiger partial charge in [-0.2, -0.15) is 0 Å². The van der Waals surface area contributed by atoms with Crippen LogP contribution in [-0.4, -0.2) is 28.5 Å². The average molecular weight is 425 g/mol. The molecule has 6 nitrogen and oxygen atoms in total. The second kappa shape index (κ2) is 9.00. The van der Waals surface area contributed by atoms with Crippen LogP contribution in [0.5, 0.6) is 5.75 Å². The molecule has 0 aliphatic carbocycles. The number of hydrogen-bond acceptors (Lipinski definition) is 4. The number of carbonyl (C=O) groups excluding carboxylic acids is 1. The predicted octanol–water partition coefficient (Wildman–Crippen LogP) is 3.76. The van der Waals surface area contributed by atoms with Crippen molar-refractivity contribution in [2.45, 2.75) is 18.4 Å². The van der Waals surface area contributed by atoms with E-state index in [1.54, 1.807) is 37.3 Å². The summed E-state index contributed by atoms with van der Waals surface area (Å²) in [6.07, 6.45) is 0. The molecule has 0 unspecified atom stereocenters. The fourth-order valence-electron chi connectivity index (χ4n) is 3.07. The van der Waals surface area contributed by atoms with E-state index in [4.69, 9.17) is 4.74 Å². The molecule has 0 saturated heterocycles. The molecule has 30 heavy (non-hydrogen) atoms. The molecule has 3 aromatic rings. The monoisotopic (exact) mass is 424 g/mol. The van der Waals surface area contributed by atoms with Gasteiger partial charge in [0.25, 0.3) is 15.9 Å². The van der Waals surface area contributed by atoms with Gasteiger partial charge in [0.2, 0.25) is 0 Å². The smallest absolute Gasteiger partial charge is 0.264 e. The fraction of sp³-hybridized carbons (Fsp3) is 0.174. The van der Waals surface area contributed by atoms with Crippen molar-refractivity contribution < 1.29 is 17.9 Å². The molecule has 0 atom stereocenters. The SMILES string of the molecule is COc1ccc(S(=O)(=O)N(C)c2ccc(C(=O)NCc3ccccc3)cc2C)cc1. The van der Waals surface area contributed by atoms with Crippen LogP contribution in [0, 0.1) is 6.92 Å². The largest absolute Gasteiger partial charge is 0.497 e. The van der Waals surface area contributed by atoms with E-state index in [9.17, 15) is 13.2 Å². The van der Waals surface area contributed by atoms with Gasteiger partial charge >= 0.3 is 0 Å². The number of nitrogens with zero attached hydrogens (tertiary/aromatic N) is 1. The lowest BCUT2D eigenvalue weighted by Crippen LogP contribution is -2.27. The van der Waals surface area contributed by atoms with Crippen LogP contribution in [0.2, 0.25) is 0 Å². The Morgan fingerprint density at radius 2 is 1.67 bits per heavy atom. The van der Waals surface area contributed by atoms with Gasteiger partial charge < -0.3 is 10.1 Å². The van der Waals surface area contributed by atoms with Crippen LogP contribution in [0.1, 0.15) is 21.5 Å². The molecule has 3 rings (SSSR count). The molecule has 0 bridgehead atoms. The van der Waals surface area contributed by atoms with E-state index >= 15 is 0 Å². The van der Waals surface area contributed by atoms with Crippen LogP contribution < -0.4 is 14.4 Å². The summed E-state index contributed by atoms with van der Waals surface area (Å²) in [5, 5.41) is 2.88. The van der Waals surface area contributed by atoms with Crippen LogP contribution in [0.4, 0.5) is 5.69 Å². The maximum Gasteiger partial charge on any atom is 0.264 e. The summed E-state index contributed by atoms with van der Waals surface area (Å²) in [4.78, 5) is 12.6. The highest BCUT2D eigenvalue weighted by Crippen LogP contribution is 2.27. The molecule has 0 aliphatic rings. The van der Waals surface area contributed by atoms with Crippen LogP contribution in [0.3, 0.4) is 0 Å². The number of sulfonamides is 1. The number of nitrogens with one attached hydrogen (secondary N) is 1. The molecule has 0 spiro atoms. The average Bonchev–Trinajstić information content (AvgIpc) is 2.77. The molecule has 7 heteroatoms. The molecule has 0 heterocycles. The number of amides is 1. The van der Waals surface area contributed by atoms with Gasteiger partial charge in [0.05, 0.1) is 17.7 Å². The van der Waals surface area contributed by atoms with Gasteiger partial charge in [-0.25, -0.2) is 8.42 Å². The Morgan fingerprint density at radius 1 is 1.00 bits per heavy atom. The number of aryl methyl sites for hydroxylation is 1. The number of anilines is 1. The zero-order chi connectivity index (χ0) is 21.7. The summed E-state index contributed by atoms with van der Waals surface area (Å²) in [7, 11) is -0.720. The molecule has 3 aromatic carbocycles. The minimum Gasteiger partial charge on any atom is -0.497 e. The number of ether oxygens (including phenoxy) is 1. The molecule has 0 aromatic heterocycles. The van der Waals surface area contributed by atoms with Crippen molar-refractivity contribution in [2.75, 3.05) is 18.5 Å². The Morgan fingerprint density at radius 3 is 2.27 bits per heavy atom. The van der Waals surface area contributed by atoms with Crippen molar-refractivity contribution in [3.8, 4) is 5.75 Å². The lowest BCUT2D eigenvalue weighted by atomic mass is 10.1. The zero-order valence-corrected chi connectivity index (χ0v) is 17.9. The number of methoxy groups -OCH3 is 1. The fourth-order valence-corrected chi connectivity index (χ4v) is 4.33. The van der Waals surface area contributed by atoms with Gasteiger partial charge in [-0.3, -0.25) is 9.10 Å². The van der Waals surface area contributed by atoms with Crippen LogP contribution in [-0.2, 0) is 16.6 Å². The summed E-state index contributed by atoms with van der Waals surface area (Å²) in [6.45, 7) is 2.20. The molecular weight excluding hydrogens is 400 g/mol. The van der Waals surface area contributed by atoms with Crippen molar-refractivity contribution in [2.24, 2.45) is 0 Å². The maximum atomic E-state index is 13.0. The first-order chi connectivity index (χ1) is 14.3. The first-order valence-corrected chi connectivity index (χ1v) is 10.8. The van der Waals surface area contributed by atoms with Crippen LogP contribution >= 0.6 is 0 Å². The maximum absolute atomic E-state index is 13.0. The van der Waals surface area contributed by atoms with E-state index in [2.05, 4.69) is 5.32 Å². The third kappa shape index (κ3) is 4.63.